The van der Waals surface area contributed by atoms with Crippen molar-refractivity contribution in [1.29, 1.82) is 0 Å². The lowest BCUT2D eigenvalue weighted by Crippen LogP contribution is -2.24. The van der Waals surface area contributed by atoms with E-state index >= 15 is 0 Å². The Morgan fingerprint density at radius 1 is 1.38 bits per heavy atom. The van der Waals surface area contributed by atoms with Crippen LogP contribution in [0.25, 0.3) is 10.9 Å². The molecule has 1 N–H and O–H groups in total. The van der Waals surface area contributed by atoms with Crippen molar-refractivity contribution in [3.8, 4) is 0 Å². The van der Waals surface area contributed by atoms with Gasteiger partial charge in [-0.3, -0.25) is 4.79 Å². The summed E-state index contributed by atoms with van der Waals surface area (Å²) in [7, 11) is 0. The lowest BCUT2D eigenvalue weighted by atomic mass is 10.2. The molecule has 0 bridgehead atoms. The Balaban J connectivity index is 2.21. The Morgan fingerprint density at radius 2 is 2.12 bits per heavy atom. The Labute approximate surface area is 95.1 Å². The second-order valence-electron chi connectivity index (χ2n) is 4.01. The van der Waals surface area contributed by atoms with Gasteiger partial charge in [-0.05, 0) is 18.6 Å². The van der Waals surface area contributed by atoms with Gasteiger partial charge in [0.15, 0.2) is 0 Å². The van der Waals surface area contributed by atoms with Crippen molar-refractivity contribution in [2.75, 3.05) is 6.54 Å². The van der Waals surface area contributed by atoms with E-state index in [2.05, 4.69) is 35.1 Å². The van der Waals surface area contributed by atoms with Crippen LogP contribution < -0.4 is 5.32 Å². The number of hydrogen-bond donors (Lipinski definition) is 1. The van der Waals surface area contributed by atoms with E-state index in [-0.39, 0.29) is 5.91 Å². The molecule has 0 unspecified atom stereocenters. The van der Waals surface area contributed by atoms with Gasteiger partial charge < -0.3 is 9.88 Å². The Hall–Kier alpha value is -1.77. The zero-order valence-electron chi connectivity index (χ0n) is 9.66. The van der Waals surface area contributed by atoms with Gasteiger partial charge in [-0.25, -0.2) is 0 Å². The zero-order valence-corrected chi connectivity index (χ0v) is 9.66. The number of aromatic nitrogens is 1. The van der Waals surface area contributed by atoms with Crippen LogP contribution in [0.4, 0.5) is 0 Å². The molecule has 0 saturated heterocycles. The molecule has 0 aliphatic rings. The molecule has 0 aliphatic carbocycles. The van der Waals surface area contributed by atoms with Crippen molar-refractivity contribution >= 4 is 16.8 Å². The number of nitrogens with zero attached hydrogens (tertiary/aromatic N) is 1. The maximum atomic E-state index is 10.8. The van der Waals surface area contributed by atoms with E-state index in [1.54, 1.807) is 6.92 Å². The van der Waals surface area contributed by atoms with Crippen LogP contribution in [-0.2, 0) is 11.3 Å². The zero-order chi connectivity index (χ0) is 11.5. The molecule has 0 fully saturated rings. The molecule has 0 saturated carbocycles. The second kappa shape index (κ2) is 4.39. The highest BCUT2D eigenvalue weighted by atomic mass is 16.1. The summed E-state index contributed by atoms with van der Waals surface area (Å²) in [5.41, 5.74) is 2.50. The molecule has 3 nitrogen and oxygen atoms in total. The number of rotatable bonds is 3. The van der Waals surface area contributed by atoms with E-state index in [1.807, 2.05) is 12.1 Å². The summed E-state index contributed by atoms with van der Waals surface area (Å²) in [6, 6.07) is 8.32. The predicted octanol–water partition coefficient (Wildman–Crippen LogP) is 2.09. The molecule has 0 atom stereocenters. The lowest BCUT2D eigenvalue weighted by Gasteiger charge is -2.05. The molecule has 84 valence electrons. The van der Waals surface area contributed by atoms with Crippen molar-refractivity contribution < 1.29 is 4.79 Å². The number of hydrogen-bond acceptors (Lipinski definition) is 1. The average Bonchev–Trinajstić information content (AvgIpc) is 2.57. The van der Waals surface area contributed by atoms with Crippen LogP contribution in [0.3, 0.4) is 0 Å². The maximum Gasteiger partial charge on any atom is 0.216 e. The van der Waals surface area contributed by atoms with Gasteiger partial charge >= 0.3 is 0 Å². The quantitative estimate of drug-likeness (QED) is 0.837. The summed E-state index contributed by atoms with van der Waals surface area (Å²) in [4.78, 5) is 10.8. The van der Waals surface area contributed by atoms with Gasteiger partial charge in [-0.2, -0.15) is 0 Å². The van der Waals surface area contributed by atoms with Gasteiger partial charge in [0.25, 0.3) is 0 Å². The first-order valence-corrected chi connectivity index (χ1v) is 5.47. The number of amides is 1. The molecular formula is C13H16N2O. The summed E-state index contributed by atoms with van der Waals surface area (Å²) in [6.45, 7) is 5.14. The van der Waals surface area contributed by atoms with Gasteiger partial charge in [-0.15, -0.1) is 0 Å². The van der Waals surface area contributed by atoms with E-state index in [4.69, 9.17) is 0 Å². The fraction of sp³-hybridized carbons (Fsp3) is 0.308. The van der Waals surface area contributed by atoms with E-state index < -0.39 is 0 Å². The average molecular weight is 216 g/mol. The first-order valence-electron chi connectivity index (χ1n) is 5.47. The van der Waals surface area contributed by atoms with Crippen LogP contribution in [0.15, 0.2) is 30.5 Å². The molecule has 0 radical (unpaired) electrons. The van der Waals surface area contributed by atoms with Crippen molar-refractivity contribution in [2.45, 2.75) is 20.4 Å². The largest absolute Gasteiger partial charge is 0.355 e. The first kappa shape index (κ1) is 10.7. The van der Waals surface area contributed by atoms with Crippen molar-refractivity contribution in [3.63, 3.8) is 0 Å². The summed E-state index contributed by atoms with van der Waals surface area (Å²) in [6.07, 6.45) is 2.13. The third kappa shape index (κ3) is 2.08. The van der Waals surface area contributed by atoms with Crippen LogP contribution in [-0.4, -0.2) is 17.0 Å². The number of fused-ring (bicyclic) bond motifs is 1. The van der Waals surface area contributed by atoms with Crippen LogP contribution in [0, 0.1) is 6.92 Å². The summed E-state index contributed by atoms with van der Waals surface area (Å²) >= 11 is 0. The standard InChI is InChI=1S/C13H16N2O/c1-10-9-15(8-7-14-11(2)16)13-6-4-3-5-12(10)13/h3-6,9H,7-8H2,1-2H3,(H,14,16). The molecule has 1 aromatic heterocycles. The van der Waals surface area contributed by atoms with Crippen LogP contribution in [0.5, 0.6) is 0 Å². The highest BCUT2D eigenvalue weighted by Gasteiger charge is 2.03. The highest BCUT2D eigenvalue weighted by Crippen LogP contribution is 2.19. The third-order valence-corrected chi connectivity index (χ3v) is 2.71. The number of aryl methyl sites for hydroxylation is 1. The van der Waals surface area contributed by atoms with Gasteiger partial charge in [0.05, 0.1) is 0 Å². The fourth-order valence-corrected chi connectivity index (χ4v) is 1.97. The molecule has 1 aromatic carbocycles. The van der Waals surface area contributed by atoms with Crippen molar-refractivity contribution in [1.82, 2.24) is 9.88 Å². The minimum atomic E-state index is 0.0215. The van der Waals surface area contributed by atoms with Gasteiger partial charge in [0, 0.05) is 37.1 Å². The van der Waals surface area contributed by atoms with E-state index in [0.29, 0.717) is 6.54 Å². The van der Waals surface area contributed by atoms with E-state index in [9.17, 15) is 4.79 Å². The predicted molar refractivity (Wildman–Crippen MR) is 65.4 cm³/mol. The number of carbonyl (C=O) groups is 1. The minimum absolute atomic E-state index is 0.0215. The Morgan fingerprint density at radius 3 is 2.88 bits per heavy atom. The molecular weight excluding hydrogens is 200 g/mol. The lowest BCUT2D eigenvalue weighted by molar-refractivity contribution is -0.118. The normalized spacial score (nSPS) is 10.6. The summed E-state index contributed by atoms with van der Waals surface area (Å²) in [5, 5.41) is 4.09. The number of benzene rings is 1. The molecule has 3 heteroatoms. The van der Waals surface area contributed by atoms with E-state index in [0.717, 1.165) is 6.54 Å². The molecule has 2 aromatic rings. The van der Waals surface area contributed by atoms with Crippen molar-refractivity contribution in [3.05, 3.63) is 36.0 Å². The Kier molecular flexibility index (Phi) is 2.95. The summed E-state index contributed by atoms with van der Waals surface area (Å²) < 4.78 is 2.18. The van der Waals surface area contributed by atoms with Gasteiger partial charge in [0.1, 0.15) is 0 Å². The van der Waals surface area contributed by atoms with Crippen LogP contribution >= 0.6 is 0 Å². The fourth-order valence-electron chi connectivity index (χ4n) is 1.97. The molecule has 1 heterocycles. The number of nitrogens with one attached hydrogen (secondary N) is 1. The number of para-hydroxylation sites is 1. The van der Waals surface area contributed by atoms with Crippen LogP contribution in [0.2, 0.25) is 0 Å². The third-order valence-electron chi connectivity index (χ3n) is 2.71. The van der Waals surface area contributed by atoms with E-state index in [1.165, 1.54) is 16.5 Å². The molecule has 1 amide bonds. The summed E-state index contributed by atoms with van der Waals surface area (Å²) in [5.74, 6) is 0.0215. The topological polar surface area (TPSA) is 34.0 Å². The highest BCUT2D eigenvalue weighted by molar-refractivity contribution is 5.83. The monoisotopic (exact) mass is 216 g/mol. The SMILES string of the molecule is CC(=O)NCCn1cc(C)c2ccccc21. The molecule has 0 aliphatic heterocycles. The molecule has 16 heavy (non-hydrogen) atoms. The smallest absolute Gasteiger partial charge is 0.216 e. The van der Waals surface area contributed by atoms with Crippen molar-refractivity contribution in [2.24, 2.45) is 0 Å². The second-order valence-corrected chi connectivity index (χ2v) is 4.01. The van der Waals surface area contributed by atoms with Gasteiger partial charge in [-0.1, -0.05) is 18.2 Å². The molecule has 2 rings (SSSR count). The minimum Gasteiger partial charge on any atom is -0.355 e. The van der Waals surface area contributed by atoms with Crippen LogP contribution in [0.1, 0.15) is 12.5 Å². The van der Waals surface area contributed by atoms with Gasteiger partial charge in [0.2, 0.25) is 5.91 Å². The Bertz CT molecular complexity index is 514. The molecule has 0 spiro atoms. The maximum absolute atomic E-state index is 10.8. The first-order chi connectivity index (χ1) is 7.68. The number of carbonyl (C=O) groups excluding carboxylic acids is 1.